The Kier molecular flexibility index (Phi) is 6.62. The normalized spacial score (nSPS) is 16.3. The van der Waals surface area contributed by atoms with Gasteiger partial charge in [0.2, 0.25) is 5.91 Å². The van der Waals surface area contributed by atoms with E-state index in [2.05, 4.69) is 28.7 Å². The van der Waals surface area contributed by atoms with Gasteiger partial charge < -0.3 is 9.88 Å². The maximum absolute atomic E-state index is 13.1. The number of anilines is 1. The van der Waals surface area contributed by atoms with Gasteiger partial charge in [-0.25, -0.2) is 4.98 Å². The number of carbonyl (C=O) groups is 1. The van der Waals surface area contributed by atoms with Gasteiger partial charge in [0.05, 0.1) is 17.8 Å². The number of nitrogens with zero attached hydrogens (tertiary/aromatic N) is 3. The zero-order valence-corrected chi connectivity index (χ0v) is 16.7. The Balaban J connectivity index is 1.50. The van der Waals surface area contributed by atoms with Crippen molar-refractivity contribution in [1.29, 1.82) is 0 Å². The highest BCUT2D eigenvalue weighted by Crippen LogP contribution is 2.34. The first-order chi connectivity index (χ1) is 13.7. The van der Waals surface area contributed by atoms with Crippen molar-refractivity contribution in [3.63, 3.8) is 0 Å². The van der Waals surface area contributed by atoms with Gasteiger partial charge in [-0.2, -0.15) is 13.2 Å². The number of hydrogen-bond donors (Lipinski definition) is 1. The maximum Gasteiger partial charge on any atom is 0.418 e. The van der Waals surface area contributed by atoms with Crippen molar-refractivity contribution in [3.05, 3.63) is 48.0 Å². The fraction of sp³-hybridized carbons (Fsp3) is 0.524. The number of nitrogens with one attached hydrogen (secondary N) is 1. The molecule has 1 N–H and O–H groups in total. The first-order valence-corrected chi connectivity index (χ1v) is 9.93. The van der Waals surface area contributed by atoms with E-state index in [0.29, 0.717) is 11.8 Å². The van der Waals surface area contributed by atoms with Crippen LogP contribution in [0.15, 0.2) is 36.7 Å². The van der Waals surface area contributed by atoms with Crippen LogP contribution in [-0.2, 0) is 17.5 Å². The van der Waals surface area contributed by atoms with Crippen molar-refractivity contribution in [3.8, 4) is 0 Å². The second-order valence-electron chi connectivity index (χ2n) is 7.90. The molecule has 1 aromatic carbocycles. The third-order valence-corrected chi connectivity index (χ3v) is 5.30. The van der Waals surface area contributed by atoms with E-state index in [1.807, 2.05) is 17.3 Å². The number of likely N-dealkylation sites (tertiary alicyclic amines) is 1. The number of para-hydroxylation sites is 1. The lowest BCUT2D eigenvalue weighted by molar-refractivity contribution is -0.137. The zero-order valence-electron chi connectivity index (χ0n) is 16.7. The van der Waals surface area contributed by atoms with Crippen molar-refractivity contribution < 1.29 is 18.0 Å². The number of alkyl halides is 3. The molecule has 1 aliphatic heterocycles. The summed E-state index contributed by atoms with van der Waals surface area (Å²) in [5.74, 6) is 1.53. The molecule has 8 heteroatoms. The Labute approximate surface area is 168 Å². The second-order valence-corrected chi connectivity index (χ2v) is 7.90. The first kappa shape index (κ1) is 21.4. The average molecular weight is 408 g/mol. The Morgan fingerprint density at radius 3 is 2.59 bits per heavy atom. The number of imidazole rings is 1. The predicted molar refractivity (Wildman–Crippen MR) is 106 cm³/mol. The third-order valence-electron chi connectivity index (χ3n) is 5.30. The van der Waals surface area contributed by atoms with E-state index in [9.17, 15) is 18.0 Å². The fourth-order valence-corrected chi connectivity index (χ4v) is 3.81. The summed E-state index contributed by atoms with van der Waals surface area (Å²) in [6.45, 7) is 6.76. The Morgan fingerprint density at radius 2 is 1.93 bits per heavy atom. The van der Waals surface area contributed by atoms with Gasteiger partial charge in [0, 0.05) is 24.9 Å². The molecule has 0 bridgehead atoms. The average Bonchev–Trinajstić information content (AvgIpc) is 3.11. The van der Waals surface area contributed by atoms with Crippen molar-refractivity contribution in [2.75, 3.05) is 25.0 Å². The van der Waals surface area contributed by atoms with Gasteiger partial charge in [-0.1, -0.05) is 26.0 Å². The van der Waals surface area contributed by atoms with Crippen LogP contribution >= 0.6 is 0 Å². The molecule has 1 saturated heterocycles. The molecule has 0 saturated carbocycles. The summed E-state index contributed by atoms with van der Waals surface area (Å²) in [5, 5.41) is 2.42. The molecule has 2 heterocycles. The lowest BCUT2D eigenvalue weighted by Crippen LogP contribution is -2.40. The van der Waals surface area contributed by atoms with Crippen molar-refractivity contribution in [2.45, 2.75) is 45.3 Å². The van der Waals surface area contributed by atoms with Gasteiger partial charge >= 0.3 is 6.18 Å². The standard InChI is InChI=1S/C21H27F3N4O/c1-15(2)20-25-9-12-28(20)13-16-7-10-27(11-8-16)14-19(29)26-18-6-4-3-5-17(18)21(22,23)24/h3-6,9,12,15-16H,7-8,10-11,13-14H2,1-2H3,(H,26,29). The van der Waals surface area contributed by atoms with E-state index in [4.69, 9.17) is 0 Å². The molecular weight excluding hydrogens is 381 g/mol. The van der Waals surface area contributed by atoms with Crippen LogP contribution in [0, 0.1) is 5.92 Å². The number of halogens is 3. The molecule has 5 nitrogen and oxygen atoms in total. The Bertz CT molecular complexity index is 823. The quantitative estimate of drug-likeness (QED) is 0.772. The number of hydrogen-bond acceptors (Lipinski definition) is 3. The second kappa shape index (κ2) is 8.98. The molecule has 0 unspecified atom stereocenters. The summed E-state index contributed by atoms with van der Waals surface area (Å²) >= 11 is 0. The van der Waals surface area contributed by atoms with Crippen LogP contribution in [0.1, 0.15) is 44.0 Å². The van der Waals surface area contributed by atoms with Gasteiger partial charge in [-0.15, -0.1) is 0 Å². The first-order valence-electron chi connectivity index (χ1n) is 9.93. The molecule has 29 heavy (non-hydrogen) atoms. The van der Waals surface area contributed by atoms with Gasteiger partial charge in [-0.3, -0.25) is 9.69 Å². The van der Waals surface area contributed by atoms with Crippen LogP contribution in [0.2, 0.25) is 0 Å². The molecule has 2 aromatic rings. The highest BCUT2D eigenvalue weighted by molar-refractivity contribution is 5.93. The summed E-state index contributed by atoms with van der Waals surface area (Å²) < 4.78 is 41.4. The summed E-state index contributed by atoms with van der Waals surface area (Å²) in [6.07, 6.45) is 1.23. The summed E-state index contributed by atoms with van der Waals surface area (Å²) in [7, 11) is 0. The Hall–Kier alpha value is -2.35. The largest absolute Gasteiger partial charge is 0.418 e. The van der Waals surface area contributed by atoms with Crippen LogP contribution < -0.4 is 5.32 Å². The lowest BCUT2D eigenvalue weighted by Gasteiger charge is -2.32. The van der Waals surface area contributed by atoms with Crippen molar-refractivity contribution in [2.24, 2.45) is 5.92 Å². The topological polar surface area (TPSA) is 50.2 Å². The highest BCUT2D eigenvalue weighted by Gasteiger charge is 2.33. The molecule has 1 fully saturated rings. The smallest absolute Gasteiger partial charge is 0.334 e. The van der Waals surface area contributed by atoms with E-state index < -0.39 is 17.6 Å². The molecular formula is C21H27F3N4O. The number of benzene rings is 1. The number of aromatic nitrogens is 2. The fourth-order valence-electron chi connectivity index (χ4n) is 3.81. The minimum Gasteiger partial charge on any atom is -0.334 e. The SMILES string of the molecule is CC(C)c1nccn1CC1CCN(CC(=O)Nc2ccccc2C(F)(F)F)CC1. The minimum absolute atomic E-state index is 0.0984. The minimum atomic E-state index is -4.50. The van der Waals surface area contributed by atoms with Crippen LogP contribution in [0.3, 0.4) is 0 Å². The number of piperidine rings is 1. The number of rotatable bonds is 6. The molecule has 0 aliphatic carbocycles. The number of carbonyl (C=O) groups excluding carboxylic acids is 1. The van der Waals surface area contributed by atoms with E-state index in [-0.39, 0.29) is 12.2 Å². The van der Waals surface area contributed by atoms with Gasteiger partial charge in [0.25, 0.3) is 0 Å². The molecule has 1 aliphatic rings. The number of amides is 1. The summed E-state index contributed by atoms with van der Waals surface area (Å²) in [4.78, 5) is 18.7. The van der Waals surface area contributed by atoms with Crippen molar-refractivity contribution in [1.82, 2.24) is 14.5 Å². The molecule has 0 spiro atoms. The maximum atomic E-state index is 13.1. The predicted octanol–water partition coefficient (Wildman–Crippen LogP) is 4.38. The van der Waals surface area contributed by atoms with Gasteiger partial charge in [0.1, 0.15) is 5.82 Å². The van der Waals surface area contributed by atoms with E-state index in [1.165, 1.54) is 18.2 Å². The molecule has 3 rings (SSSR count). The van der Waals surface area contributed by atoms with Crippen LogP contribution in [0.5, 0.6) is 0 Å². The van der Waals surface area contributed by atoms with E-state index in [1.54, 1.807) is 0 Å². The molecule has 0 atom stereocenters. The van der Waals surface area contributed by atoms with Gasteiger partial charge in [0.15, 0.2) is 0 Å². The van der Waals surface area contributed by atoms with Crippen LogP contribution in [-0.4, -0.2) is 40.0 Å². The van der Waals surface area contributed by atoms with Gasteiger partial charge in [-0.05, 0) is 44.0 Å². The Morgan fingerprint density at radius 1 is 1.24 bits per heavy atom. The summed E-state index contributed by atoms with van der Waals surface area (Å²) in [6, 6.07) is 5.05. The molecule has 0 radical (unpaired) electrons. The molecule has 1 amide bonds. The van der Waals surface area contributed by atoms with Crippen LogP contribution in [0.25, 0.3) is 0 Å². The lowest BCUT2D eigenvalue weighted by atomic mass is 9.96. The monoisotopic (exact) mass is 408 g/mol. The highest BCUT2D eigenvalue weighted by atomic mass is 19.4. The van der Waals surface area contributed by atoms with Crippen LogP contribution in [0.4, 0.5) is 18.9 Å². The van der Waals surface area contributed by atoms with Crippen molar-refractivity contribution >= 4 is 11.6 Å². The van der Waals surface area contributed by atoms with E-state index >= 15 is 0 Å². The molecule has 158 valence electrons. The summed E-state index contributed by atoms with van der Waals surface area (Å²) in [5.41, 5.74) is -1.02. The third kappa shape index (κ3) is 5.59. The molecule has 1 aromatic heterocycles. The van der Waals surface area contributed by atoms with E-state index in [0.717, 1.165) is 44.4 Å². The zero-order chi connectivity index (χ0) is 21.0.